The van der Waals surface area contributed by atoms with Crippen molar-refractivity contribution < 1.29 is 20.1 Å². The smallest absolute Gasteiger partial charge is 0.222 e. The number of carbonyl (C=O) groups excluding carboxylic acids is 1. The van der Waals surface area contributed by atoms with Gasteiger partial charge in [0.05, 0.1) is 31.3 Å². The van der Waals surface area contributed by atoms with Crippen molar-refractivity contribution >= 4 is 5.91 Å². The Balaban J connectivity index is 3.66. The van der Waals surface area contributed by atoms with E-state index < -0.39 is 18.2 Å². The number of rotatable bonds is 31. The van der Waals surface area contributed by atoms with Crippen molar-refractivity contribution in [3.63, 3.8) is 0 Å². The molecule has 0 rings (SSSR count). The van der Waals surface area contributed by atoms with E-state index in [2.05, 4.69) is 19.2 Å². The molecule has 0 aliphatic rings. The third-order valence-electron chi connectivity index (χ3n) is 8.17. The first-order chi connectivity index (χ1) is 19.0. The van der Waals surface area contributed by atoms with E-state index in [9.17, 15) is 20.1 Å². The second-order valence-electron chi connectivity index (χ2n) is 12.1. The van der Waals surface area contributed by atoms with Gasteiger partial charge in [0.25, 0.3) is 0 Å². The third kappa shape index (κ3) is 27.3. The molecule has 1 amide bonds. The van der Waals surface area contributed by atoms with Gasteiger partial charge in [-0.1, -0.05) is 168 Å². The van der Waals surface area contributed by atoms with Gasteiger partial charge in [0.15, 0.2) is 0 Å². The SMILES string of the molecule is CCCCCCCCCCCCCCCCCC(O)C(CO)NC(=O)CC(O)CCCCCCCCCCC. The molecule has 4 N–H and O–H groups in total. The highest BCUT2D eigenvalue weighted by atomic mass is 16.3. The van der Waals surface area contributed by atoms with Crippen LogP contribution in [0.2, 0.25) is 0 Å². The fraction of sp³-hybridized carbons (Fsp3) is 0.971. The van der Waals surface area contributed by atoms with Gasteiger partial charge in [-0.25, -0.2) is 0 Å². The van der Waals surface area contributed by atoms with Gasteiger partial charge in [0, 0.05) is 0 Å². The maximum absolute atomic E-state index is 12.3. The molecule has 5 heteroatoms. The normalized spacial score (nSPS) is 13.9. The van der Waals surface area contributed by atoms with Crippen LogP contribution in [0, 0.1) is 0 Å². The standard InChI is InChI=1S/C34H69NO4/c1-3-5-7-9-11-13-14-15-16-17-18-20-22-24-26-28-33(38)32(30-36)35-34(39)29-31(37)27-25-23-21-19-12-10-8-6-4-2/h31-33,36-38H,3-30H2,1-2H3,(H,35,39). The molecule has 39 heavy (non-hydrogen) atoms. The maximum Gasteiger partial charge on any atom is 0.222 e. The predicted octanol–water partition coefficient (Wildman–Crippen LogP) is 8.76. The number of carbonyl (C=O) groups is 1. The van der Waals surface area contributed by atoms with E-state index >= 15 is 0 Å². The minimum atomic E-state index is -0.740. The lowest BCUT2D eigenvalue weighted by Gasteiger charge is -2.23. The van der Waals surface area contributed by atoms with Crippen LogP contribution in [-0.4, -0.2) is 46.1 Å². The van der Waals surface area contributed by atoms with Crippen LogP contribution in [0.15, 0.2) is 0 Å². The Hall–Kier alpha value is -0.650. The molecule has 0 saturated carbocycles. The second-order valence-corrected chi connectivity index (χ2v) is 12.1. The molecule has 0 spiro atoms. The summed E-state index contributed by atoms with van der Waals surface area (Å²) in [5, 5.41) is 33.1. The molecule has 0 aliphatic heterocycles. The summed E-state index contributed by atoms with van der Waals surface area (Å²) < 4.78 is 0. The van der Waals surface area contributed by atoms with Gasteiger partial charge >= 0.3 is 0 Å². The van der Waals surface area contributed by atoms with Crippen LogP contribution >= 0.6 is 0 Å². The van der Waals surface area contributed by atoms with Crippen LogP contribution in [0.3, 0.4) is 0 Å². The van der Waals surface area contributed by atoms with Crippen LogP contribution in [0.1, 0.15) is 187 Å². The van der Waals surface area contributed by atoms with Crippen LogP contribution in [-0.2, 0) is 4.79 Å². The Bertz CT molecular complexity index is 502. The first-order valence-corrected chi connectivity index (χ1v) is 17.3. The fourth-order valence-electron chi connectivity index (χ4n) is 5.46. The lowest BCUT2D eigenvalue weighted by atomic mass is 10.0. The second kappa shape index (κ2) is 30.3. The molecule has 3 unspecified atom stereocenters. The third-order valence-corrected chi connectivity index (χ3v) is 8.17. The molecule has 0 fully saturated rings. The molecule has 0 aliphatic carbocycles. The Morgan fingerprint density at radius 1 is 0.538 bits per heavy atom. The summed E-state index contributed by atoms with van der Waals surface area (Å²) in [6, 6.07) is -0.649. The van der Waals surface area contributed by atoms with E-state index in [1.165, 1.54) is 128 Å². The number of hydrogen-bond acceptors (Lipinski definition) is 4. The van der Waals surface area contributed by atoms with E-state index in [0.717, 1.165) is 25.7 Å². The largest absolute Gasteiger partial charge is 0.394 e. The summed E-state index contributed by atoms with van der Waals surface area (Å²) >= 11 is 0. The molecular formula is C34H69NO4. The molecule has 0 aromatic carbocycles. The van der Waals surface area contributed by atoms with Gasteiger partial charge in [0.1, 0.15) is 0 Å². The summed E-state index contributed by atoms with van der Waals surface area (Å²) in [6.07, 6.45) is 30.5. The Kier molecular flexibility index (Phi) is 29.8. The number of aliphatic hydroxyl groups excluding tert-OH is 3. The van der Waals surface area contributed by atoms with Gasteiger partial charge < -0.3 is 20.6 Å². The average Bonchev–Trinajstić information content (AvgIpc) is 2.92. The van der Waals surface area contributed by atoms with Gasteiger partial charge in [0.2, 0.25) is 5.91 Å². The molecule has 0 radical (unpaired) electrons. The molecule has 0 aromatic heterocycles. The summed E-state index contributed by atoms with van der Waals surface area (Å²) in [5.74, 6) is -0.284. The van der Waals surface area contributed by atoms with Crippen molar-refractivity contribution in [2.24, 2.45) is 0 Å². The summed E-state index contributed by atoms with van der Waals surface area (Å²) in [7, 11) is 0. The number of aliphatic hydroxyl groups is 3. The topological polar surface area (TPSA) is 89.8 Å². The van der Waals surface area contributed by atoms with Crippen molar-refractivity contribution in [2.75, 3.05) is 6.61 Å². The number of unbranched alkanes of at least 4 members (excludes halogenated alkanes) is 22. The molecule has 0 saturated heterocycles. The molecule has 0 aromatic rings. The maximum atomic E-state index is 12.3. The zero-order valence-corrected chi connectivity index (χ0v) is 26.3. The van der Waals surface area contributed by atoms with Gasteiger partial charge in [-0.3, -0.25) is 4.79 Å². The number of nitrogens with one attached hydrogen (secondary N) is 1. The Morgan fingerprint density at radius 3 is 1.23 bits per heavy atom. The van der Waals surface area contributed by atoms with E-state index in [1.54, 1.807) is 0 Å². The van der Waals surface area contributed by atoms with Crippen molar-refractivity contribution in [3.05, 3.63) is 0 Å². The molecule has 0 heterocycles. The van der Waals surface area contributed by atoms with Crippen LogP contribution in [0.4, 0.5) is 0 Å². The minimum Gasteiger partial charge on any atom is -0.394 e. The zero-order valence-electron chi connectivity index (χ0n) is 26.3. The lowest BCUT2D eigenvalue weighted by molar-refractivity contribution is -0.125. The van der Waals surface area contributed by atoms with Crippen molar-refractivity contribution in [2.45, 2.75) is 205 Å². The molecule has 0 bridgehead atoms. The Labute approximate surface area is 243 Å². The highest BCUT2D eigenvalue weighted by Gasteiger charge is 2.21. The molecule has 234 valence electrons. The molecule has 3 atom stereocenters. The van der Waals surface area contributed by atoms with Crippen LogP contribution in [0.25, 0.3) is 0 Å². The minimum absolute atomic E-state index is 0.0409. The van der Waals surface area contributed by atoms with E-state index in [-0.39, 0.29) is 18.9 Å². The number of hydrogen-bond donors (Lipinski definition) is 4. The van der Waals surface area contributed by atoms with Gasteiger partial charge in [-0.15, -0.1) is 0 Å². The Morgan fingerprint density at radius 2 is 0.872 bits per heavy atom. The average molecular weight is 556 g/mol. The summed E-state index contributed by atoms with van der Waals surface area (Å²) in [4.78, 5) is 12.3. The predicted molar refractivity (Wildman–Crippen MR) is 167 cm³/mol. The first kappa shape index (κ1) is 38.4. The van der Waals surface area contributed by atoms with Gasteiger partial charge in [-0.05, 0) is 12.8 Å². The summed E-state index contributed by atoms with van der Waals surface area (Å²) in [5.41, 5.74) is 0. The van der Waals surface area contributed by atoms with E-state index in [1.807, 2.05) is 0 Å². The van der Waals surface area contributed by atoms with Gasteiger partial charge in [-0.2, -0.15) is 0 Å². The lowest BCUT2D eigenvalue weighted by Crippen LogP contribution is -2.46. The van der Waals surface area contributed by atoms with Crippen LogP contribution < -0.4 is 5.32 Å². The molecule has 5 nitrogen and oxygen atoms in total. The number of amides is 1. The monoisotopic (exact) mass is 556 g/mol. The van der Waals surface area contributed by atoms with E-state index in [4.69, 9.17) is 0 Å². The van der Waals surface area contributed by atoms with Crippen molar-refractivity contribution in [3.8, 4) is 0 Å². The van der Waals surface area contributed by atoms with E-state index in [0.29, 0.717) is 12.8 Å². The first-order valence-electron chi connectivity index (χ1n) is 17.3. The fourth-order valence-corrected chi connectivity index (χ4v) is 5.46. The zero-order chi connectivity index (χ0) is 28.8. The summed E-state index contributed by atoms with van der Waals surface area (Å²) in [6.45, 7) is 4.23. The molecular weight excluding hydrogens is 486 g/mol. The highest BCUT2D eigenvalue weighted by Crippen LogP contribution is 2.15. The van der Waals surface area contributed by atoms with Crippen LogP contribution in [0.5, 0.6) is 0 Å². The highest BCUT2D eigenvalue weighted by molar-refractivity contribution is 5.76. The quantitative estimate of drug-likeness (QED) is 0.0644. The van der Waals surface area contributed by atoms with Crippen molar-refractivity contribution in [1.29, 1.82) is 0 Å². The van der Waals surface area contributed by atoms with Crippen molar-refractivity contribution in [1.82, 2.24) is 5.32 Å².